The van der Waals surface area contributed by atoms with E-state index in [2.05, 4.69) is 20.7 Å². The fraction of sp³-hybridized carbons (Fsp3) is 0.182. The first-order chi connectivity index (χ1) is 8.81. The van der Waals surface area contributed by atoms with Crippen LogP contribution >= 0.6 is 0 Å². The van der Waals surface area contributed by atoms with E-state index in [0.29, 0.717) is 24.6 Å². The molecule has 2 rings (SSSR count). The van der Waals surface area contributed by atoms with E-state index in [4.69, 9.17) is 10.5 Å². The molecule has 0 radical (unpaired) electrons. The summed E-state index contributed by atoms with van der Waals surface area (Å²) >= 11 is 0. The van der Waals surface area contributed by atoms with Crippen LogP contribution in [0.25, 0.3) is 0 Å². The molecule has 1 aromatic carbocycles. The molecule has 1 aromatic heterocycles. The lowest BCUT2D eigenvalue weighted by molar-refractivity contribution is 0.102. The molecule has 4 N–H and O–H groups in total. The predicted molar refractivity (Wildman–Crippen MR) is 65.3 cm³/mol. The van der Waals surface area contributed by atoms with Gasteiger partial charge in [0.05, 0.1) is 11.9 Å². The number of anilines is 1. The number of amides is 1. The SMILES string of the molecule is NCCOc1ccccc1NC(=O)c1cn[nH]n1. The molecule has 2 aromatic rings. The van der Waals surface area contributed by atoms with E-state index in [1.807, 2.05) is 6.07 Å². The molecular formula is C11H13N5O2. The van der Waals surface area contributed by atoms with Gasteiger partial charge in [-0.2, -0.15) is 15.4 Å². The van der Waals surface area contributed by atoms with Gasteiger partial charge in [-0.3, -0.25) is 4.79 Å². The zero-order valence-electron chi connectivity index (χ0n) is 9.59. The van der Waals surface area contributed by atoms with Gasteiger partial charge in [-0.05, 0) is 12.1 Å². The Labute approximate surface area is 103 Å². The Hall–Kier alpha value is -2.41. The monoisotopic (exact) mass is 247 g/mol. The van der Waals surface area contributed by atoms with E-state index in [1.165, 1.54) is 6.20 Å². The molecule has 1 amide bonds. The van der Waals surface area contributed by atoms with Gasteiger partial charge in [-0.25, -0.2) is 0 Å². The number of aromatic nitrogens is 3. The van der Waals surface area contributed by atoms with Crippen molar-refractivity contribution >= 4 is 11.6 Å². The van der Waals surface area contributed by atoms with Crippen molar-refractivity contribution in [2.75, 3.05) is 18.5 Å². The van der Waals surface area contributed by atoms with Crippen molar-refractivity contribution in [1.29, 1.82) is 0 Å². The van der Waals surface area contributed by atoms with E-state index in [0.717, 1.165) is 0 Å². The summed E-state index contributed by atoms with van der Waals surface area (Å²) in [5.41, 5.74) is 6.15. The highest BCUT2D eigenvalue weighted by atomic mass is 16.5. The maximum atomic E-state index is 11.8. The van der Waals surface area contributed by atoms with Crippen LogP contribution in [0.15, 0.2) is 30.5 Å². The third kappa shape index (κ3) is 2.83. The second-order valence-electron chi connectivity index (χ2n) is 3.44. The van der Waals surface area contributed by atoms with Crippen LogP contribution in [0.3, 0.4) is 0 Å². The van der Waals surface area contributed by atoms with Crippen LogP contribution in [0.2, 0.25) is 0 Å². The summed E-state index contributed by atoms with van der Waals surface area (Å²) < 4.78 is 5.42. The molecule has 7 nitrogen and oxygen atoms in total. The highest BCUT2D eigenvalue weighted by Crippen LogP contribution is 2.23. The van der Waals surface area contributed by atoms with Crippen molar-refractivity contribution in [3.63, 3.8) is 0 Å². The van der Waals surface area contributed by atoms with Crippen molar-refractivity contribution in [1.82, 2.24) is 15.4 Å². The lowest BCUT2D eigenvalue weighted by Gasteiger charge is -2.10. The summed E-state index contributed by atoms with van der Waals surface area (Å²) in [5, 5.41) is 12.3. The highest BCUT2D eigenvalue weighted by Gasteiger charge is 2.11. The first kappa shape index (κ1) is 12.1. The van der Waals surface area contributed by atoms with Crippen LogP contribution in [-0.4, -0.2) is 34.5 Å². The smallest absolute Gasteiger partial charge is 0.277 e. The maximum absolute atomic E-state index is 11.8. The lowest BCUT2D eigenvalue weighted by Crippen LogP contribution is -2.15. The molecule has 0 atom stereocenters. The Morgan fingerprint density at radius 1 is 1.44 bits per heavy atom. The Morgan fingerprint density at radius 2 is 2.28 bits per heavy atom. The van der Waals surface area contributed by atoms with Crippen molar-refractivity contribution in [3.05, 3.63) is 36.2 Å². The number of carbonyl (C=O) groups is 1. The van der Waals surface area contributed by atoms with Gasteiger partial charge in [0, 0.05) is 6.54 Å². The number of nitrogens with one attached hydrogen (secondary N) is 2. The summed E-state index contributed by atoms with van der Waals surface area (Å²) in [6, 6.07) is 7.11. The van der Waals surface area contributed by atoms with Gasteiger partial charge in [-0.1, -0.05) is 12.1 Å². The summed E-state index contributed by atoms with van der Waals surface area (Å²) in [5.74, 6) is 0.215. The fourth-order valence-electron chi connectivity index (χ4n) is 1.36. The number of hydrogen-bond acceptors (Lipinski definition) is 5. The molecule has 0 aliphatic rings. The number of nitrogens with two attached hydrogens (primary N) is 1. The van der Waals surface area contributed by atoms with Crippen molar-refractivity contribution in [3.8, 4) is 5.75 Å². The Bertz CT molecular complexity index is 512. The van der Waals surface area contributed by atoms with Crippen molar-refractivity contribution < 1.29 is 9.53 Å². The minimum Gasteiger partial charge on any atom is -0.490 e. The standard InChI is InChI=1S/C11H13N5O2/c12-5-6-18-10-4-2-1-3-8(10)14-11(17)9-7-13-16-15-9/h1-4,7H,5-6,12H2,(H,14,17)(H,13,15,16). The third-order valence-corrected chi connectivity index (χ3v) is 2.16. The van der Waals surface area contributed by atoms with Crippen molar-refractivity contribution in [2.24, 2.45) is 5.73 Å². The van der Waals surface area contributed by atoms with Gasteiger partial charge >= 0.3 is 0 Å². The quantitative estimate of drug-likeness (QED) is 0.708. The zero-order chi connectivity index (χ0) is 12.8. The van der Waals surface area contributed by atoms with Crippen LogP contribution in [0, 0.1) is 0 Å². The van der Waals surface area contributed by atoms with Crippen LogP contribution in [0.1, 0.15) is 10.5 Å². The van der Waals surface area contributed by atoms with E-state index < -0.39 is 0 Å². The largest absolute Gasteiger partial charge is 0.490 e. The molecule has 7 heteroatoms. The Morgan fingerprint density at radius 3 is 3.00 bits per heavy atom. The molecule has 0 unspecified atom stereocenters. The molecule has 0 saturated heterocycles. The second-order valence-corrected chi connectivity index (χ2v) is 3.44. The average Bonchev–Trinajstić information content (AvgIpc) is 2.91. The lowest BCUT2D eigenvalue weighted by atomic mass is 10.3. The molecule has 1 heterocycles. The first-order valence-electron chi connectivity index (χ1n) is 5.40. The second kappa shape index (κ2) is 5.78. The van der Waals surface area contributed by atoms with Gasteiger partial charge in [0.25, 0.3) is 5.91 Å². The number of rotatable bonds is 5. The molecule has 0 bridgehead atoms. The van der Waals surface area contributed by atoms with Crippen LogP contribution in [0.5, 0.6) is 5.75 Å². The number of carbonyl (C=O) groups excluding carboxylic acids is 1. The molecule has 18 heavy (non-hydrogen) atoms. The number of benzene rings is 1. The first-order valence-corrected chi connectivity index (χ1v) is 5.40. The van der Waals surface area contributed by atoms with E-state index in [1.54, 1.807) is 18.2 Å². The number of nitrogens with zero attached hydrogens (tertiary/aromatic N) is 2. The number of ether oxygens (including phenoxy) is 1. The Kier molecular flexibility index (Phi) is 3.87. The maximum Gasteiger partial charge on any atom is 0.277 e. The number of H-pyrrole nitrogens is 1. The molecule has 0 fully saturated rings. The number of aromatic amines is 1. The Balaban J connectivity index is 2.11. The fourth-order valence-corrected chi connectivity index (χ4v) is 1.36. The van der Waals surface area contributed by atoms with Gasteiger partial charge in [0.1, 0.15) is 12.4 Å². The number of hydrogen-bond donors (Lipinski definition) is 3. The zero-order valence-corrected chi connectivity index (χ0v) is 9.59. The van der Waals surface area contributed by atoms with E-state index in [-0.39, 0.29) is 11.6 Å². The molecule has 94 valence electrons. The van der Waals surface area contributed by atoms with E-state index >= 15 is 0 Å². The average molecular weight is 247 g/mol. The van der Waals surface area contributed by atoms with Crippen LogP contribution < -0.4 is 15.8 Å². The summed E-state index contributed by atoms with van der Waals surface area (Å²) in [7, 11) is 0. The summed E-state index contributed by atoms with van der Waals surface area (Å²) in [4.78, 5) is 11.8. The van der Waals surface area contributed by atoms with Gasteiger partial charge in [0.15, 0.2) is 5.69 Å². The molecule has 0 aliphatic carbocycles. The summed E-state index contributed by atoms with van der Waals surface area (Å²) in [6.07, 6.45) is 1.35. The van der Waals surface area contributed by atoms with Crippen LogP contribution in [0.4, 0.5) is 5.69 Å². The summed E-state index contributed by atoms with van der Waals surface area (Å²) in [6.45, 7) is 0.794. The predicted octanol–water partition coefficient (Wildman–Crippen LogP) is 0.394. The molecule has 0 aliphatic heterocycles. The topological polar surface area (TPSA) is 106 Å². The van der Waals surface area contributed by atoms with Gasteiger partial charge in [0.2, 0.25) is 0 Å². The van der Waals surface area contributed by atoms with Gasteiger partial charge in [-0.15, -0.1) is 0 Å². The molecule has 0 saturated carbocycles. The molecular weight excluding hydrogens is 234 g/mol. The normalized spacial score (nSPS) is 10.1. The van der Waals surface area contributed by atoms with Crippen LogP contribution in [-0.2, 0) is 0 Å². The molecule has 0 spiro atoms. The van der Waals surface area contributed by atoms with E-state index in [9.17, 15) is 4.79 Å². The number of para-hydroxylation sites is 2. The minimum atomic E-state index is -0.354. The van der Waals surface area contributed by atoms with Gasteiger partial charge < -0.3 is 15.8 Å². The third-order valence-electron chi connectivity index (χ3n) is 2.16. The van der Waals surface area contributed by atoms with Crippen molar-refractivity contribution in [2.45, 2.75) is 0 Å². The minimum absolute atomic E-state index is 0.212. The highest BCUT2D eigenvalue weighted by molar-refractivity contribution is 6.03.